The first-order valence-electron chi connectivity index (χ1n) is 4.57. The molecule has 0 saturated carbocycles. The molecule has 2 aromatic rings. The number of H-pyrrole nitrogens is 4. The van der Waals surface area contributed by atoms with Crippen molar-refractivity contribution in [3.8, 4) is 0 Å². The zero-order valence-electron chi connectivity index (χ0n) is 12.0. The van der Waals surface area contributed by atoms with Gasteiger partial charge in [-0.25, -0.2) is 9.59 Å². The van der Waals surface area contributed by atoms with E-state index in [0.29, 0.717) is 0 Å². The molecule has 4 N–H and O–H groups in total. The fourth-order valence-corrected chi connectivity index (χ4v) is 0.958. The molecule has 15 nitrogen and oxygen atoms in total. The van der Waals surface area contributed by atoms with Gasteiger partial charge >= 0.3 is 125 Å². The zero-order valence-corrected chi connectivity index (χ0v) is 20.4. The normalized spacial score (nSPS) is 9.84. The molecule has 0 aromatic carbocycles. The Morgan fingerprint density at radius 1 is 0.600 bits per heavy atom. The molecule has 0 atom stereocenters. The van der Waals surface area contributed by atoms with Gasteiger partial charge in [0, 0.05) is 0 Å². The number of aromatic amines is 4. The summed E-state index contributed by atoms with van der Waals surface area (Å²) in [4.78, 5) is 92.3. The van der Waals surface area contributed by atoms with Crippen molar-refractivity contribution in [3.05, 3.63) is 31.3 Å². The first-order chi connectivity index (χ1) is 9.66. The van der Waals surface area contributed by atoms with Gasteiger partial charge in [0.2, 0.25) is 0 Å². The van der Waals surface area contributed by atoms with Gasteiger partial charge in [-0.1, -0.05) is 0 Å². The second kappa shape index (κ2) is 14.9. The molecule has 2 heterocycles. The Hall–Kier alpha value is 1.95. The molecule has 0 spiro atoms. The quantitative estimate of drug-likeness (QED) is 0.203. The fourth-order valence-electron chi connectivity index (χ4n) is 0.958. The van der Waals surface area contributed by atoms with Gasteiger partial charge in [-0.2, -0.15) is 15.6 Å². The van der Waals surface area contributed by atoms with Crippen LogP contribution in [0.25, 0.3) is 11.2 Å². The third kappa shape index (κ3) is 22.1. The first-order valence-corrected chi connectivity index (χ1v) is 7.49. The topological polar surface area (TPSA) is 287 Å². The molecule has 0 amide bonds. The third-order valence-corrected chi connectivity index (χ3v) is 1.42. The summed E-state index contributed by atoms with van der Waals surface area (Å²) < 4.78 is 17.1. The maximum absolute atomic E-state index is 10.9. The number of hydrogen-bond donors (Lipinski definition) is 4. The van der Waals surface area contributed by atoms with Gasteiger partial charge < -0.3 is 38.5 Å². The predicted octanol–water partition coefficient (Wildman–Crippen LogP) is -8.56. The number of imidazole rings is 1. The van der Waals surface area contributed by atoms with Crippen LogP contribution in [0.2, 0.25) is 0 Å². The first kappa shape index (κ1) is 34.5. The average Bonchev–Trinajstić information content (AvgIpc) is 2.53. The van der Waals surface area contributed by atoms with Crippen molar-refractivity contribution in [2.24, 2.45) is 0 Å². The molecule has 0 saturated heterocycles. The number of fused-ring (bicyclic) bond motifs is 1. The summed E-state index contributed by atoms with van der Waals surface area (Å²) in [7, 11) is -10.8. The molecular formula is C5H4Ca3N4O11P2. The standard InChI is InChI=1S/C5H4N4O3.3Ca.2H3O4P/c10-3-1-2(7-4(11)6-1)8-5(12)9-3;;;;2*1-5(2,3)4/h(H4,6,7,8,9,10,11,12);;;;2*(H3,1,2,3,4)/q;3*+2;;/p-6. The summed E-state index contributed by atoms with van der Waals surface area (Å²) >= 11 is 0. The van der Waals surface area contributed by atoms with Crippen molar-refractivity contribution in [2.75, 3.05) is 0 Å². The Kier molecular flexibility index (Phi) is 20.5. The van der Waals surface area contributed by atoms with Gasteiger partial charge in [0.05, 0.1) is 0 Å². The van der Waals surface area contributed by atoms with Crippen LogP contribution < -0.4 is 46.3 Å². The number of aromatic nitrogens is 4. The van der Waals surface area contributed by atoms with Crippen LogP contribution in [-0.4, -0.2) is 133 Å². The van der Waals surface area contributed by atoms with Crippen LogP contribution in [0.3, 0.4) is 0 Å². The van der Waals surface area contributed by atoms with Crippen LogP contribution >= 0.6 is 15.6 Å². The van der Waals surface area contributed by atoms with Crippen LogP contribution in [0, 0.1) is 0 Å². The third-order valence-electron chi connectivity index (χ3n) is 1.42. The van der Waals surface area contributed by atoms with Crippen molar-refractivity contribution >= 4 is 140 Å². The molecule has 0 aliphatic carbocycles. The molecule has 2 aromatic heterocycles. The van der Waals surface area contributed by atoms with E-state index in [0.717, 1.165) is 0 Å². The SMILES string of the molecule is O=P([O-])([O-])[O-].O=P([O-])([O-])[O-].O=c1[nH]c(=O)c2[nH]c(=O)[nH]c2[nH]1.[Ca+2].[Ca+2].[Ca+2]. The van der Waals surface area contributed by atoms with Crippen LogP contribution in [0.4, 0.5) is 0 Å². The summed E-state index contributed by atoms with van der Waals surface area (Å²) in [6, 6.07) is 0. The monoisotopic (exact) mass is 478 g/mol. The Balaban J connectivity index is -0.000000147. The molecule has 0 aliphatic heterocycles. The minimum Gasteiger partial charge on any atom is -0.822 e. The summed E-state index contributed by atoms with van der Waals surface area (Å²) in [5, 5.41) is 0. The molecule has 0 bridgehead atoms. The summed E-state index contributed by atoms with van der Waals surface area (Å²) in [5.74, 6) is 0. The molecule has 0 radical (unpaired) electrons. The van der Waals surface area contributed by atoms with Crippen LogP contribution in [0.1, 0.15) is 0 Å². The van der Waals surface area contributed by atoms with E-state index in [9.17, 15) is 14.4 Å². The number of nitrogens with one attached hydrogen (secondary N) is 4. The van der Waals surface area contributed by atoms with Gasteiger partial charge in [-0.05, 0) is 0 Å². The minimum absolute atomic E-state index is 0. The van der Waals surface area contributed by atoms with Crippen molar-refractivity contribution < 1.29 is 38.5 Å². The molecule has 126 valence electrons. The van der Waals surface area contributed by atoms with E-state index in [1.807, 2.05) is 4.98 Å². The van der Waals surface area contributed by atoms with E-state index < -0.39 is 32.6 Å². The van der Waals surface area contributed by atoms with Gasteiger partial charge in [-0.3, -0.25) is 24.7 Å². The second-order valence-corrected chi connectivity index (χ2v) is 4.92. The molecule has 0 fully saturated rings. The van der Waals surface area contributed by atoms with Crippen LogP contribution in [0.5, 0.6) is 0 Å². The summed E-state index contributed by atoms with van der Waals surface area (Å²) in [6.45, 7) is 0. The average molecular weight is 478 g/mol. The van der Waals surface area contributed by atoms with Crippen LogP contribution in [0.15, 0.2) is 14.4 Å². The van der Waals surface area contributed by atoms with Gasteiger partial charge in [0.25, 0.3) is 5.56 Å². The maximum atomic E-state index is 10.9. The van der Waals surface area contributed by atoms with E-state index in [-0.39, 0.29) is 124 Å². The molecule has 20 heteroatoms. The minimum atomic E-state index is -5.39. The summed E-state index contributed by atoms with van der Waals surface area (Å²) in [6.07, 6.45) is 0. The molecule has 0 aliphatic rings. The maximum Gasteiger partial charge on any atom is 2.00 e. The Morgan fingerprint density at radius 2 is 0.880 bits per heavy atom. The van der Waals surface area contributed by atoms with Crippen molar-refractivity contribution in [3.63, 3.8) is 0 Å². The van der Waals surface area contributed by atoms with Crippen molar-refractivity contribution in [1.82, 2.24) is 19.9 Å². The molecule has 0 unspecified atom stereocenters. The Morgan fingerprint density at radius 3 is 1.20 bits per heavy atom. The molecular weight excluding hydrogens is 474 g/mol. The summed E-state index contributed by atoms with van der Waals surface area (Å²) in [5.41, 5.74) is -1.65. The number of phosphoric acid groups is 2. The number of hydrogen-bond acceptors (Lipinski definition) is 11. The van der Waals surface area contributed by atoms with Crippen molar-refractivity contribution in [1.29, 1.82) is 0 Å². The van der Waals surface area contributed by atoms with Gasteiger partial charge in [0.1, 0.15) is 11.2 Å². The van der Waals surface area contributed by atoms with E-state index in [1.165, 1.54) is 0 Å². The Labute approximate surface area is 226 Å². The van der Waals surface area contributed by atoms with Gasteiger partial charge in [0.15, 0.2) is 0 Å². The van der Waals surface area contributed by atoms with E-state index in [1.54, 1.807) is 0 Å². The van der Waals surface area contributed by atoms with Crippen LogP contribution in [-0.2, 0) is 9.13 Å². The number of rotatable bonds is 0. The second-order valence-electron chi connectivity index (χ2n) is 3.13. The molecule has 25 heavy (non-hydrogen) atoms. The largest absolute Gasteiger partial charge is 2.00 e. The van der Waals surface area contributed by atoms with E-state index in [4.69, 9.17) is 38.5 Å². The smallest absolute Gasteiger partial charge is 0.822 e. The predicted molar refractivity (Wildman–Crippen MR) is 72.6 cm³/mol. The zero-order chi connectivity index (χ0) is 17.7. The van der Waals surface area contributed by atoms with Crippen molar-refractivity contribution in [2.45, 2.75) is 0 Å². The van der Waals surface area contributed by atoms with E-state index in [2.05, 4.69) is 15.0 Å². The van der Waals surface area contributed by atoms with E-state index >= 15 is 0 Å². The fraction of sp³-hybridized carbons (Fsp3) is 0. The Bertz CT molecular complexity index is 853. The van der Waals surface area contributed by atoms with Gasteiger partial charge in [-0.15, -0.1) is 0 Å². The molecule has 2 rings (SSSR count).